The van der Waals surface area contributed by atoms with E-state index in [1.54, 1.807) is 19.1 Å². The topological polar surface area (TPSA) is 72.0 Å². The van der Waals surface area contributed by atoms with E-state index in [4.69, 9.17) is 15.9 Å². The summed E-state index contributed by atoms with van der Waals surface area (Å²) in [5, 5.41) is 7.33. The summed E-state index contributed by atoms with van der Waals surface area (Å²) in [5.74, 6) is 0.463. The maximum Gasteiger partial charge on any atom is 0.219 e. The first-order valence-electron chi connectivity index (χ1n) is 5.31. The second-order valence-corrected chi connectivity index (χ2v) is 3.81. The molecule has 0 bridgehead atoms. The molecule has 0 fully saturated rings. The van der Waals surface area contributed by atoms with Crippen LogP contribution in [0.1, 0.15) is 11.1 Å². The van der Waals surface area contributed by atoms with Gasteiger partial charge in [0, 0.05) is 17.8 Å². The first-order chi connectivity index (χ1) is 8.56. The molecule has 3 N–H and O–H groups in total. The number of rotatable bonds is 3. The van der Waals surface area contributed by atoms with Crippen LogP contribution in [0.2, 0.25) is 0 Å². The van der Waals surface area contributed by atoms with Crippen molar-refractivity contribution in [3.8, 4) is 11.6 Å². The van der Waals surface area contributed by atoms with Crippen molar-refractivity contribution >= 4 is 5.84 Å². The van der Waals surface area contributed by atoms with Gasteiger partial charge in [-0.1, -0.05) is 0 Å². The van der Waals surface area contributed by atoms with Gasteiger partial charge in [-0.3, -0.25) is 5.41 Å². The van der Waals surface area contributed by atoms with E-state index in [0.29, 0.717) is 22.8 Å². The van der Waals surface area contributed by atoms with E-state index in [2.05, 4.69) is 4.98 Å². The summed E-state index contributed by atoms with van der Waals surface area (Å²) >= 11 is 0. The van der Waals surface area contributed by atoms with E-state index < -0.39 is 0 Å². The lowest BCUT2D eigenvalue weighted by atomic mass is 10.2. The zero-order valence-corrected chi connectivity index (χ0v) is 9.77. The number of nitrogens with two attached hydrogens (primary N) is 1. The van der Waals surface area contributed by atoms with Gasteiger partial charge in [0.25, 0.3) is 0 Å². The number of nitrogen functional groups attached to an aromatic ring is 1. The highest BCUT2D eigenvalue weighted by atomic mass is 19.1. The van der Waals surface area contributed by atoms with Crippen LogP contribution in [-0.4, -0.2) is 10.8 Å². The lowest BCUT2D eigenvalue weighted by Crippen LogP contribution is -2.11. The van der Waals surface area contributed by atoms with Crippen LogP contribution in [0.4, 0.5) is 4.39 Å². The van der Waals surface area contributed by atoms with Crippen molar-refractivity contribution in [3.63, 3.8) is 0 Å². The van der Waals surface area contributed by atoms with E-state index in [9.17, 15) is 4.39 Å². The summed E-state index contributed by atoms with van der Waals surface area (Å²) in [6, 6.07) is 7.41. The SMILES string of the molecule is Cc1cc(F)ccc1Oc1cc(C(=N)N)ccn1. The molecule has 0 aliphatic heterocycles. The van der Waals surface area contributed by atoms with Gasteiger partial charge in [-0.2, -0.15) is 0 Å². The summed E-state index contributed by atoms with van der Waals surface area (Å²) in [6.07, 6.45) is 1.50. The van der Waals surface area contributed by atoms with Crippen molar-refractivity contribution in [1.82, 2.24) is 4.98 Å². The summed E-state index contributed by atoms with van der Waals surface area (Å²) in [5.41, 5.74) is 6.58. The first-order valence-corrected chi connectivity index (χ1v) is 5.31. The standard InChI is InChI=1S/C13H12FN3O/c1-8-6-10(14)2-3-11(8)18-12-7-9(13(15)16)4-5-17-12/h2-7H,1H3,(H3,15,16). The Labute approximate surface area is 104 Å². The number of hydrogen-bond acceptors (Lipinski definition) is 3. The molecule has 0 amide bonds. The summed E-state index contributed by atoms with van der Waals surface area (Å²) in [4.78, 5) is 4.01. The quantitative estimate of drug-likeness (QED) is 0.645. The molecule has 0 saturated carbocycles. The van der Waals surface area contributed by atoms with E-state index in [0.717, 1.165) is 0 Å². The maximum absolute atomic E-state index is 12.9. The number of ether oxygens (including phenoxy) is 1. The molecule has 0 aliphatic carbocycles. The predicted octanol–water partition coefficient (Wildman–Crippen LogP) is 2.61. The smallest absolute Gasteiger partial charge is 0.219 e. The van der Waals surface area contributed by atoms with Gasteiger partial charge in [-0.05, 0) is 36.8 Å². The molecule has 0 aliphatic rings. The highest BCUT2D eigenvalue weighted by Gasteiger charge is 2.05. The Kier molecular flexibility index (Phi) is 3.23. The molecular weight excluding hydrogens is 233 g/mol. The molecule has 2 aromatic rings. The highest BCUT2D eigenvalue weighted by molar-refractivity contribution is 5.95. The monoisotopic (exact) mass is 245 g/mol. The van der Waals surface area contributed by atoms with Crippen LogP contribution in [0.3, 0.4) is 0 Å². The van der Waals surface area contributed by atoms with Crippen LogP contribution >= 0.6 is 0 Å². The first kappa shape index (κ1) is 12.0. The fourth-order valence-electron chi connectivity index (χ4n) is 1.47. The molecule has 1 aromatic carbocycles. The zero-order valence-electron chi connectivity index (χ0n) is 9.77. The molecule has 1 heterocycles. The van der Waals surface area contributed by atoms with Crippen molar-refractivity contribution in [2.75, 3.05) is 0 Å². The third-order valence-corrected chi connectivity index (χ3v) is 2.40. The van der Waals surface area contributed by atoms with Gasteiger partial charge in [0.15, 0.2) is 0 Å². The Morgan fingerprint density at radius 2 is 2.11 bits per heavy atom. The second-order valence-electron chi connectivity index (χ2n) is 3.81. The average Bonchev–Trinajstić information content (AvgIpc) is 2.33. The molecule has 0 radical (unpaired) electrons. The molecule has 5 heteroatoms. The third-order valence-electron chi connectivity index (χ3n) is 2.40. The van der Waals surface area contributed by atoms with Crippen LogP contribution in [-0.2, 0) is 0 Å². The van der Waals surface area contributed by atoms with Gasteiger partial charge < -0.3 is 10.5 Å². The molecule has 92 valence electrons. The van der Waals surface area contributed by atoms with Crippen LogP contribution in [0.5, 0.6) is 11.6 Å². The van der Waals surface area contributed by atoms with Crippen molar-refractivity contribution < 1.29 is 9.13 Å². The summed E-state index contributed by atoms with van der Waals surface area (Å²) in [7, 11) is 0. The van der Waals surface area contributed by atoms with Crippen molar-refractivity contribution in [2.45, 2.75) is 6.92 Å². The van der Waals surface area contributed by atoms with E-state index in [-0.39, 0.29) is 11.7 Å². The molecule has 4 nitrogen and oxygen atoms in total. The van der Waals surface area contributed by atoms with Gasteiger partial charge in [0.05, 0.1) is 0 Å². The van der Waals surface area contributed by atoms with Crippen molar-refractivity contribution in [3.05, 3.63) is 53.5 Å². The lowest BCUT2D eigenvalue weighted by molar-refractivity contribution is 0.457. The van der Waals surface area contributed by atoms with Crippen LogP contribution in [0, 0.1) is 18.2 Å². The molecule has 0 unspecified atom stereocenters. The minimum absolute atomic E-state index is 0.0573. The van der Waals surface area contributed by atoms with Crippen LogP contribution in [0.15, 0.2) is 36.5 Å². The molecular formula is C13H12FN3O. The number of halogens is 1. The Balaban J connectivity index is 2.28. The van der Waals surface area contributed by atoms with Gasteiger partial charge in [0.2, 0.25) is 5.88 Å². The number of aromatic nitrogens is 1. The number of benzene rings is 1. The largest absolute Gasteiger partial charge is 0.439 e. The Morgan fingerprint density at radius 3 is 2.78 bits per heavy atom. The fourth-order valence-corrected chi connectivity index (χ4v) is 1.47. The molecule has 0 saturated heterocycles. The van der Waals surface area contributed by atoms with Crippen molar-refractivity contribution in [2.24, 2.45) is 5.73 Å². The number of pyridine rings is 1. The average molecular weight is 245 g/mol. The van der Waals surface area contributed by atoms with Gasteiger partial charge in [-0.25, -0.2) is 9.37 Å². The number of nitrogens with zero attached hydrogens (tertiary/aromatic N) is 1. The van der Waals surface area contributed by atoms with Crippen molar-refractivity contribution in [1.29, 1.82) is 5.41 Å². The normalized spacial score (nSPS) is 10.1. The molecule has 0 atom stereocenters. The Bertz CT molecular complexity index is 599. The van der Waals surface area contributed by atoms with Gasteiger partial charge in [0.1, 0.15) is 17.4 Å². The molecule has 0 spiro atoms. The predicted molar refractivity (Wildman–Crippen MR) is 66.5 cm³/mol. The summed E-state index contributed by atoms with van der Waals surface area (Å²) < 4.78 is 18.5. The molecule has 1 aromatic heterocycles. The van der Waals surface area contributed by atoms with E-state index >= 15 is 0 Å². The fraction of sp³-hybridized carbons (Fsp3) is 0.0769. The van der Waals surface area contributed by atoms with Crippen LogP contribution < -0.4 is 10.5 Å². The highest BCUT2D eigenvalue weighted by Crippen LogP contribution is 2.24. The van der Waals surface area contributed by atoms with Crippen LogP contribution in [0.25, 0.3) is 0 Å². The minimum atomic E-state index is -0.315. The zero-order chi connectivity index (χ0) is 13.1. The van der Waals surface area contributed by atoms with E-state index in [1.165, 1.54) is 24.4 Å². The number of nitrogens with one attached hydrogen (secondary N) is 1. The number of aryl methyl sites for hydroxylation is 1. The van der Waals surface area contributed by atoms with Gasteiger partial charge in [-0.15, -0.1) is 0 Å². The molecule has 18 heavy (non-hydrogen) atoms. The second kappa shape index (κ2) is 4.83. The number of hydrogen-bond donors (Lipinski definition) is 2. The Hall–Kier alpha value is -2.43. The van der Waals surface area contributed by atoms with E-state index in [1.807, 2.05) is 0 Å². The maximum atomic E-state index is 12.9. The number of amidine groups is 1. The third kappa shape index (κ3) is 2.63. The molecule has 2 rings (SSSR count). The lowest BCUT2D eigenvalue weighted by Gasteiger charge is -2.08. The Morgan fingerprint density at radius 1 is 1.33 bits per heavy atom. The summed E-state index contributed by atoms with van der Waals surface area (Å²) in [6.45, 7) is 1.74. The minimum Gasteiger partial charge on any atom is -0.439 e. The van der Waals surface area contributed by atoms with Gasteiger partial charge >= 0.3 is 0 Å².